The highest BCUT2D eigenvalue weighted by atomic mass is 16.6. The molecule has 2 atom stereocenters. The smallest absolute Gasteiger partial charge is 0.407 e. The highest BCUT2D eigenvalue weighted by Crippen LogP contribution is 2.34. The normalized spacial score (nSPS) is 17.8. The Morgan fingerprint density at radius 2 is 2.06 bits per heavy atom. The number of methoxy groups -OCH3 is 1. The van der Waals surface area contributed by atoms with Crippen LogP contribution in [0.1, 0.15) is 17.2 Å². The van der Waals surface area contributed by atoms with Crippen LogP contribution in [-0.2, 0) is 9.53 Å². The van der Waals surface area contributed by atoms with Crippen LogP contribution >= 0.6 is 0 Å². The van der Waals surface area contributed by atoms with Crippen molar-refractivity contribution in [3.63, 3.8) is 0 Å². The summed E-state index contributed by atoms with van der Waals surface area (Å²) in [5.74, 6) is 1.53. The molecule has 3 heterocycles. The van der Waals surface area contributed by atoms with Crippen LogP contribution in [0.25, 0.3) is 17.0 Å². The lowest BCUT2D eigenvalue weighted by Crippen LogP contribution is -2.37. The lowest BCUT2D eigenvalue weighted by molar-refractivity contribution is -0.117. The maximum atomic E-state index is 12.9. The van der Waals surface area contributed by atoms with Crippen molar-refractivity contribution in [3.8, 4) is 17.2 Å². The maximum absolute atomic E-state index is 12.9. The molecular formula is C25H23N3O6. The lowest BCUT2D eigenvalue weighted by Gasteiger charge is -2.25. The van der Waals surface area contributed by atoms with Crippen molar-refractivity contribution in [1.29, 1.82) is 0 Å². The van der Waals surface area contributed by atoms with E-state index in [0.717, 1.165) is 22.0 Å². The molecule has 0 bridgehead atoms. The fraction of sp³-hybridized carbons (Fsp3) is 0.240. The molecule has 2 aliphatic heterocycles. The van der Waals surface area contributed by atoms with E-state index in [9.17, 15) is 9.59 Å². The van der Waals surface area contributed by atoms with Crippen molar-refractivity contribution in [2.75, 3.05) is 26.9 Å². The number of amides is 2. The number of aromatic nitrogens is 1. The van der Waals surface area contributed by atoms with Crippen LogP contribution in [0, 0.1) is 0 Å². The Kier molecular flexibility index (Phi) is 5.90. The van der Waals surface area contributed by atoms with Gasteiger partial charge in [0, 0.05) is 11.5 Å². The number of pyridine rings is 1. The quantitative estimate of drug-likeness (QED) is 0.544. The number of hydrogen-bond acceptors (Lipinski definition) is 7. The van der Waals surface area contributed by atoms with E-state index in [4.69, 9.17) is 18.9 Å². The van der Waals surface area contributed by atoms with Gasteiger partial charge in [-0.1, -0.05) is 18.2 Å². The molecule has 3 aromatic rings. The van der Waals surface area contributed by atoms with Crippen LogP contribution in [0.4, 0.5) is 4.79 Å². The van der Waals surface area contributed by atoms with Gasteiger partial charge in [-0.15, -0.1) is 0 Å². The first-order chi connectivity index (χ1) is 16.6. The van der Waals surface area contributed by atoms with Crippen LogP contribution in [-0.4, -0.2) is 50.0 Å². The van der Waals surface area contributed by atoms with Gasteiger partial charge in [-0.05, 0) is 41.5 Å². The largest absolute Gasteiger partial charge is 0.495 e. The van der Waals surface area contributed by atoms with E-state index >= 15 is 0 Å². The molecule has 0 aliphatic carbocycles. The molecule has 174 valence electrons. The number of alkyl carbamates (subject to hydrolysis) is 1. The van der Waals surface area contributed by atoms with Crippen LogP contribution in [0.15, 0.2) is 54.7 Å². The molecule has 0 radical (unpaired) electrons. The molecule has 0 saturated carbocycles. The number of cyclic esters (lactones) is 1. The highest BCUT2D eigenvalue weighted by Gasteiger charge is 2.33. The van der Waals surface area contributed by atoms with Crippen LogP contribution in [0.5, 0.6) is 17.2 Å². The Bertz CT molecular complexity index is 1270. The molecule has 5 rings (SSSR count). The molecule has 1 aromatic heterocycles. The molecule has 0 spiro atoms. The van der Waals surface area contributed by atoms with Crippen molar-refractivity contribution in [3.05, 3.63) is 65.9 Å². The lowest BCUT2D eigenvalue weighted by atomic mass is 10.00. The summed E-state index contributed by atoms with van der Waals surface area (Å²) in [6, 6.07) is 12.4. The van der Waals surface area contributed by atoms with Crippen molar-refractivity contribution < 1.29 is 28.5 Å². The number of hydrogen-bond donors (Lipinski definition) is 2. The minimum Gasteiger partial charge on any atom is -0.495 e. The van der Waals surface area contributed by atoms with Gasteiger partial charge in [0.25, 0.3) is 0 Å². The van der Waals surface area contributed by atoms with E-state index in [2.05, 4.69) is 15.6 Å². The monoisotopic (exact) mass is 461 g/mol. The summed E-state index contributed by atoms with van der Waals surface area (Å²) in [7, 11) is 1.58. The van der Waals surface area contributed by atoms with Gasteiger partial charge in [0.05, 0.1) is 31.4 Å². The summed E-state index contributed by atoms with van der Waals surface area (Å²) < 4.78 is 21.9. The predicted octanol–water partition coefficient (Wildman–Crippen LogP) is 2.99. The van der Waals surface area contributed by atoms with Gasteiger partial charge in [0.1, 0.15) is 25.1 Å². The molecule has 1 saturated heterocycles. The second-order valence-electron chi connectivity index (χ2n) is 7.84. The molecule has 2 aliphatic rings. The van der Waals surface area contributed by atoms with E-state index in [1.165, 1.54) is 6.08 Å². The summed E-state index contributed by atoms with van der Waals surface area (Å²) in [5.41, 5.74) is 2.36. The first-order valence-electron chi connectivity index (χ1n) is 10.9. The number of benzene rings is 2. The van der Waals surface area contributed by atoms with Gasteiger partial charge in [-0.3, -0.25) is 9.78 Å². The average Bonchev–Trinajstić information content (AvgIpc) is 3.31. The summed E-state index contributed by atoms with van der Waals surface area (Å²) in [5, 5.41) is 6.47. The van der Waals surface area contributed by atoms with Crippen LogP contribution in [0.2, 0.25) is 0 Å². The molecule has 0 unspecified atom stereocenters. The van der Waals surface area contributed by atoms with Crippen molar-refractivity contribution in [1.82, 2.24) is 15.6 Å². The molecule has 2 aromatic carbocycles. The third kappa shape index (κ3) is 4.45. The SMILES string of the molecule is COc1cnc2cccc(C=CC(=O)N[C@H](c3ccc4c(c3)OCCO4)[C@@H]3CNC(=O)O3)c2c1. The number of carbonyl (C=O) groups excluding carboxylic acids is 2. The number of nitrogens with zero attached hydrogens (tertiary/aromatic N) is 1. The highest BCUT2D eigenvalue weighted by molar-refractivity contribution is 5.96. The third-order valence-corrected chi connectivity index (χ3v) is 5.69. The number of fused-ring (bicyclic) bond motifs is 2. The maximum Gasteiger partial charge on any atom is 0.407 e. The molecule has 2 N–H and O–H groups in total. The van der Waals surface area contributed by atoms with Gasteiger partial charge in [-0.25, -0.2) is 4.79 Å². The summed E-state index contributed by atoms with van der Waals surface area (Å²) in [6.07, 6.45) is 3.73. The zero-order chi connectivity index (χ0) is 23.5. The molecule has 34 heavy (non-hydrogen) atoms. The Hall–Kier alpha value is -4.27. The van der Waals surface area contributed by atoms with E-state index in [1.807, 2.05) is 30.3 Å². The minimum absolute atomic E-state index is 0.275. The molecular weight excluding hydrogens is 438 g/mol. The number of carbonyl (C=O) groups is 2. The van der Waals surface area contributed by atoms with E-state index in [-0.39, 0.29) is 12.5 Å². The fourth-order valence-electron chi connectivity index (χ4n) is 4.01. The van der Waals surface area contributed by atoms with E-state index < -0.39 is 18.2 Å². The van der Waals surface area contributed by atoms with Crippen LogP contribution in [0.3, 0.4) is 0 Å². The topological polar surface area (TPSA) is 108 Å². The molecule has 1 fully saturated rings. The molecule has 9 heteroatoms. The van der Waals surface area contributed by atoms with E-state index in [0.29, 0.717) is 30.5 Å². The van der Waals surface area contributed by atoms with Gasteiger partial charge in [0.15, 0.2) is 11.5 Å². The molecule has 9 nitrogen and oxygen atoms in total. The summed E-state index contributed by atoms with van der Waals surface area (Å²) in [6.45, 7) is 1.20. The number of rotatable bonds is 6. The first kappa shape index (κ1) is 21.6. The zero-order valence-corrected chi connectivity index (χ0v) is 18.4. The predicted molar refractivity (Wildman–Crippen MR) is 124 cm³/mol. The average molecular weight is 461 g/mol. The first-order valence-corrected chi connectivity index (χ1v) is 10.9. The summed E-state index contributed by atoms with van der Waals surface area (Å²) in [4.78, 5) is 29.0. The fourth-order valence-corrected chi connectivity index (χ4v) is 4.01. The van der Waals surface area contributed by atoms with Gasteiger partial charge in [-0.2, -0.15) is 0 Å². The Balaban J connectivity index is 1.40. The van der Waals surface area contributed by atoms with Gasteiger partial charge in [0.2, 0.25) is 5.91 Å². The Morgan fingerprint density at radius 3 is 2.85 bits per heavy atom. The third-order valence-electron chi connectivity index (χ3n) is 5.69. The minimum atomic E-state index is -0.582. The Morgan fingerprint density at radius 1 is 1.21 bits per heavy atom. The zero-order valence-electron chi connectivity index (χ0n) is 18.4. The molecule has 2 amide bonds. The van der Waals surface area contributed by atoms with E-state index in [1.54, 1.807) is 31.5 Å². The Labute approximate surface area is 195 Å². The second-order valence-corrected chi connectivity index (χ2v) is 7.84. The van der Waals surface area contributed by atoms with Crippen molar-refractivity contribution in [2.24, 2.45) is 0 Å². The van der Waals surface area contributed by atoms with Crippen molar-refractivity contribution >= 4 is 29.0 Å². The standard InChI is InChI=1S/C25H23N3O6/c1-31-17-12-18-15(3-2-4-19(18)26-13-17)6-8-23(29)28-24(22-14-27-25(30)34-22)16-5-7-20-21(11-16)33-10-9-32-20/h2-8,11-13,22,24H,9-10,14H2,1H3,(H,27,30)(H,28,29)/t22-,24+/m0/s1. The summed E-state index contributed by atoms with van der Waals surface area (Å²) >= 11 is 0. The van der Waals surface area contributed by atoms with Gasteiger partial charge >= 0.3 is 6.09 Å². The van der Waals surface area contributed by atoms with Crippen molar-refractivity contribution in [2.45, 2.75) is 12.1 Å². The van der Waals surface area contributed by atoms with Gasteiger partial charge < -0.3 is 29.6 Å². The number of ether oxygens (including phenoxy) is 4. The van der Waals surface area contributed by atoms with Crippen LogP contribution < -0.4 is 24.8 Å². The number of nitrogens with one attached hydrogen (secondary N) is 2. The second kappa shape index (κ2) is 9.30.